The van der Waals surface area contributed by atoms with Gasteiger partial charge in [-0.25, -0.2) is 39.9 Å². The van der Waals surface area contributed by atoms with Gasteiger partial charge < -0.3 is 19.2 Å². The molecule has 63 heavy (non-hydrogen) atoms. The third-order valence-corrected chi connectivity index (χ3v) is 29.4. The first kappa shape index (κ1) is 52.4. The van der Waals surface area contributed by atoms with Crippen LogP contribution in [0, 0.1) is 34.8 Å². The summed E-state index contributed by atoms with van der Waals surface area (Å²) >= 11 is 17.1. The lowest BCUT2D eigenvalue weighted by atomic mass is 10.3. The minimum absolute atomic E-state index is 0.434. The molecule has 0 aliphatic heterocycles. The quantitative estimate of drug-likeness (QED) is 0.0468. The summed E-state index contributed by atoms with van der Waals surface area (Å²) in [6.07, 6.45) is 14.2. The molecule has 8 rings (SSSR count). The normalized spacial score (nSPS) is 12.4. The van der Waals surface area contributed by atoms with Crippen LogP contribution < -0.4 is 0 Å². The van der Waals surface area contributed by atoms with E-state index in [1.54, 1.807) is 25.2 Å². The molecule has 338 valence electrons. The Hall–Kier alpha value is -3.18. The van der Waals surface area contributed by atoms with Gasteiger partial charge >= 0.3 is 0 Å². The van der Waals surface area contributed by atoms with Gasteiger partial charge in [-0.1, -0.05) is 80.8 Å². The molecule has 0 saturated heterocycles. The summed E-state index contributed by atoms with van der Waals surface area (Å²) < 4.78 is 5.02. The Kier molecular flexibility index (Phi) is 19.0. The summed E-state index contributed by atoms with van der Waals surface area (Å²) in [6, 6.07) is 3.82. The average molecular weight is 1150 g/mol. The van der Waals surface area contributed by atoms with Crippen LogP contribution in [0.25, 0.3) is 44.1 Å². The number of hydrogen-bond donors (Lipinski definition) is 3. The van der Waals surface area contributed by atoms with Gasteiger partial charge in [-0.05, 0) is 113 Å². The van der Waals surface area contributed by atoms with E-state index in [-0.39, 0.29) is 0 Å². The molecule has 0 fully saturated rings. The van der Waals surface area contributed by atoms with E-state index in [1.165, 1.54) is 18.9 Å². The van der Waals surface area contributed by atoms with Gasteiger partial charge in [0.2, 0.25) is 7.38 Å². The molecule has 12 nitrogen and oxygen atoms in total. The van der Waals surface area contributed by atoms with Crippen molar-refractivity contribution in [3.05, 3.63) is 98.5 Å². The summed E-state index contributed by atoms with van der Waals surface area (Å²) in [5.41, 5.74) is 10.5. The van der Waals surface area contributed by atoms with E-state index < -0.39 is 15.6 Å². The number of rotatable bonds is 7. The summed E-state index contributed by atoms with van der Waals surface area (Å²) in [5.74, 6) is 0. The number of fused-ring (bicyclic) bond motifs is 4. The van der Waals surface area contributed by atoms with Crippen molar-refractivity contribution < 1.29 is 0 Å². The van der Waals surface area contributed by atoms with Gasteiger partial charge in [0, 0.05) is 37.3 Å². The number of aryl methyl sites for hydroxylation is 3. The van der Waals surface area contributed by atoms with Crippen molar-refractivity contribution in [3.8, 4) is 0 Å². The number of H-pyrrole nitrogens is 3. The van der Waals surface area contributed by atoms with E-state index in [2.05, 4.69) is 200 Å². The zero-order valence-corrected chi connectivity index (χ0v) is 46.8. The molecule has 0 amide bonds. The molecule has 0 saturated carbocycles. The smallest absolute Gasteiger partial charge is 0.213 e. The second-order valence-electron chi connectivity index (χ2n) is 17.3. The van der Waals surface area contributed by atoms with Crippen molar-refractivity contribution in [2.24, 2.45) is 0 Å². The molecule has 1 unspecified atom stereocenters. The Labute approximate surface area is 411 Å². The van der Waals surface area contributed by atoms with Crippen molar-refractivity contribution in [2.45, 2.75) is 130 Å². The minimum atomic E-state index is -1.75. The number of hydrogen-bond acceptors (Lipinski definition) is 8. The number of halogens is 4. The molecular formula is C45H63Cl2I2N12Si2+. The first-order valence-electron chi connectivity index (χ1n) is 21.2. The maximum atomic E-state index is 6.62. The van der Waals surface area contributed by atoms with Gasteiger partial charge in [0.1, 0.15) is 53.1 Å². The maximum absolute atomic E-state index is 6.62. The maximum Gasteiger partial charge on any atom is 0.213 e. The van der Waals surface area contributed by atoms with Crippen LogP contribution >= 0.6 is 67.9 Å². The highest BCUT2D eigenvalue weighted by Gasteiger charge is 2.47. The molecule has 1 atom stereocenters. The van der Waals surface area contributed by atoms with Crippen LogP contribution in [0.3, 0.4) is 0 Å². The largest absolute Gasteiger partial charge is 0.357 e. The first-order valence-corrected chi connectivity index (χ1v) is 29.2. The van der Waals surface area contributed by atoms with Crippen molar-refractivity contribution in [2.75, 3.05) is 0 Å². The zero-order valence-electron chi connectivity index (χ0n) is 39.0. The third-order valence-electron chi connectivity index (χ3n) is 11.9. The van der Waals surface area contributed by atoms with E-state index in [4.69, 9.17) is 22.7 Å². The van der Waals surface area contributed by atoms with Crippen LogP contribution in [0.15, 0.2) is 62.2 Å². The van der Waals surface area contributed by atoms with Gasteiger partial charge in [0.05, 0.1) is 45.7 Å². The molecule has 8 aromatic heterocycles. The standard InChI is InChI=1S/C16H26IN3Si.C9H20ClSi.C7H6IN3.C7H7N3.C6H4ClN3/c1-10(2)21(11(3)4,12(5)6)20-8-14(17)15-13(7)18-9-19-16(15)20;1-7(2)11(10,8(3)4)9(5)6;1-4-6-5(8)2-9-7(6)11-3-10-4;1-5-6-2-3-8-7(6)10-4-9-5;7-5-4-1-2-8-6(4)10-3-9-5/h8-12H,1-7H3;7-9H,1H2,2-6H3;2-3H,1H3,(H,9,10,11);2-4H,1H3,(H,8,9,10);1-3H,(H,8,9,10)/q;+1;;;. The topological polar surface area (TPSA) is 155 Å². The molecule has 18 heteroatoms. The van der Waals surface area contributed by atoms with Crippen LogP contribution in [-0.2, 0) is 0 Å². The van der Waals surface area contributed by atoms with E-state index in [1.807, 2.05) is 38.4 Å². The monoisotopic (exact) mass is 1150 g/mol. The molecule has 8 heterocycles. The van der Waals surface area contributed by atoms with Gasteiger partial charge in [0.25, 0.3) is 0 Å². The Bertz CT molecular complexity index is 2570. The Balaban J connectivity index is 0.000000180. The third kappa shape index (κ3) is 11.6. The molecule has 8 aromatic rings. The predicted molar refractivity (Wildman–Crippen MR) is 287 cm³/mol. The van der Waals surface area contributed by atoms with Crippen molar-refractivity contribution in [1.82, 2.24) is 59.1 Å². The van der Waals surface area contributed by atoms with Crippen LogP contribution in [0.4, 0.5) is 0 Å². The lowest BCUT2D eigenvalue weighted by Crippen LogP contribution is -2.51. The highest BCUT2D eigenvalue weighted by Crippen LogP contribution is 2.45. The van der Waals surface area contributed by atoms with E-state index in [0.717, 1.165) is 55.8 Å². The molecular weight excluding hydrogens is 1090 g/mol. The SMILES string of the molecule is Cc1ncnc2[nH]cc(I)c12.Cc1ncnc2[nH]ccc12.Cc1ncnc2c1c(I)cn2[Si](C(C)C)(C(C)C)C(C)C.Clc1ncnc2[nH]ccc12.[CH2+]C(C)[Si](Cl)(C(C)C)C(C)C. The second-order valence-corrected chi connectivity index (χ2v) is 32.6. The average Bonchev–Trinajstić information content (AvgIpc) is 4.04. The number of nitrogens with one attached hydrogen (secondary N) is 3. The number of aromatic amines is 3. The number of nitrogens with zero attached hydrogens (tertiary/aromatic N) is 9. The number of aromatic nitrogens is 12. The fourth-order valence-electron chi connectivity index (χ4n) is 9.01. The predicted octanol–water partition coefficient (Wildman–Crippen LogP) is 14.3. The molecule has 0 bridgehead atoms. The summed E-state index contributed by atoms with van der Waals surface area (Å²) in [6.45, 7) is 35.5. The summed E-state index contributed by atoms with van der Waals surface area (Å²) in [5, 5.41) is 4.82. The molecule has 3 N–H and O–H groups in total. The highest BCUT2D eigenvalue weighted by atomic mass is 127. The van der Waals surface area contributed by atoms with E-state index in [9.17, 15) is 0 Å². The zero-order chi connectivity index (χ0) is 47.0. The molecule has 0 aliphatic rings. The van der Waals surface area contributed by atoms with Crippen molar-refractivity contribution >= 4 is 128 Å². The van der Waals surface area contributed by atoms with Crippen molar-refractivity contribution in [1.29, 1.82) is 0 Å². The van der Waals surface area contributed by atoms with Crippen LogP contribution in [0.2, 0.25) is 38.4 Å². The first-order chi connectivity index (χ1) is 29.6. The Morgan fingerprint density at radius 2 is 1.03 bits per heavy atom. The molecule has 0 aromatic carbocycles. The van der Waals surface area contributed by atoms with E-state index in [0.29, 0.717) is 38.4 Å². The fourth-order valence-corrected chi connectivity index (χ4v) is 21.4. The molecule has 0 aliphatic carbocycles. The second kappa shape index (κ2) is 22.8. The minimum Gasteiger partial charge on any atom is -0.357 e. The molecule has 0 radical (unpaired) electrons. The summed E-state index contributed by atoms with van der Waals surface area (Å²) in [7, 11) is -3.37. The summed E-state index contributed by atoms with van der Waals surface area (Å²) in [4.78, 5) is 42.1. The molecule has 0 spiro atoms. The lowest BCUT2D eigenvalue weighted by molar-refractivity contribution is 0.770. The highest BCUT2D eigenvalue weighted by molar-refractivity contribution is 14.1. The van der Waals surface area contributed by atoms with Crippen LogP contribution in [0.1, 0.15) is 93.2 Å². The van der Waals surface area contributed by atoms with Crippen molar-refractivity contribution in [3.63, 3.8) is 0 Å². The lowest BCUT2D eigenvalue weighted by Gasteiger charge is -2.44. The Morgan fingerprint density at radius 1 is 0.571 bits per heavy atom. The van der Waals surface area contributed by atoms with Crippen LogP contribution in [0.5, 0.6) is 0 Å². The fraction of sp³-hybridized carbons (Fsp3) is 0.444. The van der Waals surface area contributed by atoms with Crippen LogP contribution in [-0.4, -0.2) is 74.7 Å². The van der Waals surface area contributed by atoms with Gasteiger partial charge in [-0.15, -0.1) is 0 Å². The van der Waals surface area contributed by atoms with Gasteiger partial charge in [0.15, 0.2) is 8.24 Å². The van der Waals surface area contributed by atoms with Gasteiger partial charge in [-0.3, -0.25) is 0 Å². The van der Waals surface area contributed by atoms with Gasteiger partial charge in [-0.2, -0.15) is 11.1 Å². The van der Waals surface area contributed by atoms with E-state index >= 15 is 0 Å². The Morgan fingerprint density at radius 3 is 1.49 bits per heavy atom.